The first kappa shape index (κ1) is 20.3. The number of hydrazone groups is 1. The number of thioether (sulfide) groups is 2. The molecule has 0 spiro atoms. The van der Waals surface area contributed by atoms with E-state index in [1.807, 2.05) is 43.3 Å². The van der Waals surface area contributed by atoms with Crippen molar-refractivity contribution in [3.05, 3.63) is 58.9 Å². The van der Waals surface area contributed by atoms with Crippen molar-refractivity contribution in [2.24, 2.45) is 10.1 Å². The Labute approximate surface area is 189 Å². The molecule has 1 N–H and O–H groups in total. The van der Waals surface area contributed by atoms with Crippen LogP contribution in [-0.2, 0) is 4.79 Å². The minimum atomic E-state index is -0.442. The lowest BCUT2D eigenvalue weighted by atomic mass is 10.0. The first-order chi connectivity index (χ1) is 15.1. The number of hydrogen-bond donors (Lipinski definition) is 1. The fourth-order valence-corrected chi connectivity index (χ4v) is 6.05. The predicted octanol–water partition coefficient (Wildman–Crippen LogP) is 5.68. The van der Waals surface area contributed by atoms with Gasteiger partial charge in [0.25, 0.3) is 5.91 Å². The third kappa shape index (κ3) is 4.14. The van der Waals surface area contributed by atoms with Gasteiger partial charge in [0.1, 0.15) is 10.8 Å². The van der Waals surface area contributed by atoms with Crippen LogP contribution in [0.15, 0.2) is 61.6 Å². The molecule has 6 nitrogen and oxygen atoms in total. The highest BCUT2D eigenvalue weighted by molar-refractivity contribution is 8.27. The van der Waals surface area contributed by atoms with Crippen LogP contribution in [0, 0.1) is 12.3 Å². The van der Waals surface area contributed by atoms with Gasteiger partial charge in [-0.3, -0.25) is 10.2 Å². The third-order valence-corrected chi connectivity index (χ3v) is 7.75. The largest absolute Gasteiger partial charge is 0.450 e. The molecule has 3 heterocycles. The number of furan rings is 1. The van der Waals surface area contributed by atoms with Crippen molar-refractivity contribution in [1.29, 1.82) is 5.41 Å². The molecule has 1 fully saturated rings. The Morgan fingerprint density at radius 3 is 2.81 bits per heavy atom. The normalized spacial score (nSPS) is 20.8. The maximum atomic E-state index is 12.7. The Morgan fingerprint density at radius 1 is 1.19 bits per heavy atom. The molecular weight excluding hydrogens is 428 g/mol. The van der Waals surface area contributed by atoms with Gasteiger partial charge >= 0.3 is 0 Å². The van der Waals surface area contributed by atoms with Crippen molar-refractivity contribution in [3.63, 3.8) is 0 Å². The van der Waals surface area contributed by atoms with E-state index in [1.165, 1.54) is 48.9 Å². The maximum Gasteiger partial charge on any atom is 0.283 e. The summed E-state index contributed by atoms with van der Waals surface area (Å²) in [4.78, 5) is 16.8. The summed E-state index contributed by atoms with van der Waals surface area (Å²) in [7, 11) is 0. The summed E-state index contributed by atoms with van der Waals surface area (Å²) in [5, 5.41) is 17.2. The number of nitrogens with zero attached hydrogens (tertiary/aromatic N) is 3. The first-order valence-electron chi connectivity index (χ1n) is 10.4. The van der Waals surface area contributed by atoms with Crippen LogP contribution >= 0.6 is 23.5 Å². The monoisotopic (exact) mass is 450 g/mol. The summed E-state index contributed by atoms with van der Waals surface area (Å²) >= 11 is 3.08. The molecule has 0 unspecified atom stereocenters. The van der Waals surface area contributed by atoms with Gasteiger partial charge in [0, 0.05) is 10.8 Å². The molecule has 2 aliphatic heterocycles. The van der Waals surface area contributed by atoms with Gasteiger partial charge in [0.15, 0.2) is 10.9 Å². The molecule has 1 aromatic carbocycles. The number of carbonyl (C=O) groups is 1. The summed E-state index contributed by atoms with van der Waals surface area (Å²) < 4.78 is 5.93. The van der Waals surface area contributed by atoms with Crippen LogP contribution < -0.4 is 0 Å². The van der Waals surface area contributed by atoms with Gasteiger partial charge in [-0.15, -0.1) is 0 Å². The fraction of sp³-hybridized carbons (Fsp3) is 0.304. The maximum absolute atomic E-state index is 12.7. The van der Waals surface area contributed by atoms with Gasteiger partial charge in [0.05, 0.1) is 5.57 Å². The highest BCUT2D eigenvalue weighted by Gasteiger charge is 2.36. The summed E-state index contributed by atoms with van der Waals surface area (Å²) in [6, 6.07) is 11.7. The molecule has 2 aromatic rings. The molecule has 0 radical (unpaired) electrons. The van der Waals surface area contributed by atoms with Crippen LogP contribution in [0.2, 0.25) is 0 Å². The van der Waals surface area contributed by atoms with Crippen LogP contribution in [0.25, 0.3) is 6.08 Å². The number of amides is 1. The highest BCUT2D eigenvalue weighted by Crippen LogP contribution is 2.35. The zero-order valence-corrected chi connectivity index (χ0v) is 18.8. The molecule has 8 heteroatoms. The standard InChI is InChI=1S/C23H22N4O2S2/c1-14-7-5-6-10-17(14)22-26-27-20(24)18(21(28)25-23(27)31-22)13-15-11-12-19(29-15)30-16-8-3-2-4-9-16/h5-7,10-13,16,24H,2-4,8-9H2,1H3/b18-13+,24-20?. The number of aryl methyl sites for hydroxylation is 1. The number of hydrogen-bond acceptors (Lipinski definition) is 6. The SMILES string of the molecule is Cc1ccccc1C1=NN2C(=N)/C(=C\c3ccc(SC4CCCCC4)o3)C(=O)N=C2S1. The van der Waals surface area contributed by atoms with E-state index >= 15 is 0 Å². The van der Waals surface area contributed by atoms with Crippen molar-refractivity contribution >= 4 is 51.6 Å². The number of nitrogens with one attached hydrogen (secondary N) is 1. The van der Waals surface area contributed by atoms with Crippen molar-refractivity contribution in [2.75, 3.05) is 0 Å². The number of amidine groups is 2. The highest BCUT2D eigenvalue weighted by atomic mass is 32.2. The van der Waals surface area contributed by atoms with Gasteiger partial charge in [-0.1, -0.05) is 55.3 Å². The summed E-state index contributed by atoms with van der Waals surface area (Å²) in [6.45, 7) is 2.01. The summed E-state index contributed by atoms with van der Waals surface area (Å²) in [6.07, 6.45) is 7.91. The Kier molecular flexibility index (Phi) is 5.58. The third-order valence-electron chi connectivity index (χ3n) is 5.55. The molecule has 158 valence electrons. The molecule has 5 rings (SSSR count). The van der Waals surface area contributed by atoms with Crippen LogP contribution in [0.4, 0.5) is 0 Å². The second-order valence-corrected chi connectivity index (χ2v) is 10.0. The minimum absolute atomic E-state index is 0.0176. The predicted molar refractivity (Wildman–Crippen MR) is 127 cm³/mol. The molecule has 1 aliphatic carbocycles. The van der Waals surface area contributed by atoms with Gasteiger partial charge in [0.2, 0.25) is 5.17 Å². The van der Waals surface area contributed by atoms with E-state index in [0.29, 0.717) is 16.2 Å². The second kappa shape index (κ2) is 8.51. The smallest absolute Gasteiger partial charge is 0.283 e. The zero-order valence-electron chi connectivity index (χ0n) is 17.1. The van der Waals surface area contributed by atoms with Gasteiger partial charge in [-0.25, -0.2) is 0 Å². The van der Waals surface area contributed by atoms with Crippen LogP contribution in [-0.4, -0.2) is 32.2 Å². The first-order valence-corrected chi connectivity index (χ1v) is 12.1. The lowest BCUT2D eigenvalue weighted by Gasteiger charge is -2.20. The molecule has 1 amide bonds. The zero-order chi connectivity index (χ0) is 21.4. The minimum Gasteiger partial charge on any atom is -0.450 e. The Balaban J connectivity index is 1.37. The van der Waals surface area contributed by atoms with E-state index in [-0.39, 0.29) is 11.4 Å². The molecule has 0 saturated heterocycles. The summed E-state index contributed by atoms with van der Waals surface area (Å²) in [5.74, 6) is 0.131. The fourth-order valence-electron chi connectivity index (χ4n) is 3.88. The van der Waals surface area contributed by atoms with E-state index < -0.39 is 5.91 Å². The number of rotatable bonds is 4. The van der Waals surface area contributed by atoms with Crippen molar-refractivity contribution in [1.82, 2.24) is 5.01 Å². The molecule has 0 atom stereocenters. The van der Waals surface area contributed by atoms with Crippen LogP contribution in [0.5, 0.6) is 0 Å². The lowest BCUT2D eigenvalue weighted by molar-refractivity contribution is -0.114. The molecule has 31 heavy (non-hydrogen) atoms. The van der Waals surface area contributed by atoms with E-state index in [1.54, 1.807) is 17.8 Å². The number of aliphatic imine (C=N–C) groups is 1. The number of fused-ring (bicyclic) bond motifs is 1. The van der Waals surface area contributed by atoms with Crippen molar-refractivity contribution in [2.45, 2.75) is 49.4 Å². The quantitative estimate of drug-likeness (QED) is 0.606. The van der Waals surface area contributed by atoms with Crippen molar-refractivity contribution < 1.29 is 9.21 Å². The Morgan fingerprint density at radius 2 is 2.00 bits per heavy atom. The van der Waals surface area contributed by atoms with E-state index in [4.69, 9.17) is 9.83 Å². The molecule has 3 aliphatic rings. The average molecular weight is 451 g/mol. The van der Waals surface area contributed by atoms with Crippen molar-refractivity contribution in [3.8, 4) is 0 Å². The molecule has 1 aromatic heterocycles. The molecule has 1 saturated carbocycles. The van der Waals surface area contributed by atoms with E-state index in [2.05, 4.69) is 10.1 Å². The lowest BCUT2D eigenvalue weighted by Crippen LogP contribution is -2.35. The van der Waals surface area contributed by atoms with E-state index in [0.717, 1.165) is 21.3 Å². The van der Waals surface area contributed by atoms with E-state index in [9.17, 15) is 4.79 Å². The number of benzene rings is 1. The molecular formula is C23H22N4O2S2. The topological polar surface area (TPSA) is 82.0 Å². The van der Waals surface area contributed by atoms with Crippen LogP contribution in [0.3, 0.4) is 0 Å². The Bertz CT molecular complexity index is 1140. The van der Waals surface area contributed by atoms with Gasteiger partial charge in [-0.05, 0) is 55.3 Å². The summed E-state index contributed by atoms with van der Waals surface area (Å²) in [5.41, 5.74) is 2.25. The second-order valence-electron chi connectivity index (χ2n) is 7.77. The van der Waals surface area contributed by atoms with Gasteiger partial charge in [-0.2, -0.15) is 15.1 Å². The Hall–Kier alpha value is -2.58. The van der Waals surface area contributed by atoms with Crippen LogP contribution in [0.1, 0.15) is 49.0 Å². The molecule has 0 bridgehead atoms. The number of carbonyl (C=O) groups excluding carboxylic acids is 1. The average Bonchev–Trinajstić information content (AvgIpc) is 3.39. The van der Waals surface area contributed by atoms with Gasteiger partial charge < -0.3 is 4.42 Å².